The summed E-state index contributed by atoms with van der Waals surface area (Å²) >= 11 is 1.27. The number of thioether (sulfide) groups is 1. The standard InChI is InChI=1S/C27H25N3O4S/c1-16-7-6-8-17(2)24(16)30-26(32)20-9-4-5-10-21(20)29-27(30)35-18(3)25(31)28-14-19-11-12-22-23(13-19)34-15-33-22/h4-13,18H,14-15H2,1-3H3,(H,28,31). The van der Waals surface area contributed by atoms with Gasteiger partial charge in [0.2, 0.25) is 12.7 Å². The number of nitrogens with zero attached hydrogens (tertiary/aromatic N) is 2. The van der Waals surface area contributed by atoms with Gasteiger partial charge in [-0.15, -0.1) is 0 Å². The minimum atomic E-state index is -0.479. The fourth-order valence-electron chi connectivity index (χ4n) is 4.14. The average molecular weight is 488 g/mol. The van der Waals surface area contributed by atoms with Gasteiger partial charge in [-0.1, -0.05) is 48.2 Å². The van der Waals surface area contributed by atoms with Gasteiger partial charge in [-0.3, -0.25) is 14.2 Å². The number of hydrogen-bond acceptors (Lipinski definition) is 6. The Hall–Kier alpha value is -3.78. The number of benzene rings is 3. The number of rotatable bonds is 6. The third-order valence-corrected chi connectivity index (χ3v) is 7.02. The molecule has 0 fully saturated rings. The van der Waals surface area contributed by atoms with Crippen LogP contribution in [0.15, 0.2) is 70.6 Å². The van der Waals surface area contributed by atoms with Gasteiger partial charge in [0, 0.05) is 6.54 Å². The molecule has 0 saturated heterocycles. The highest BCUT2D eigenvalue weighted by Crippen LogP contribution is 2.32. The SMILES string of the molecule is Cc1cccc(C)c1-n1c(SC(C)C(=O)NCc2ccc3c(c2)OCO3)nc2ccccc2c1=O. The Morgan fingerprint density at radius 2 is 1.80 bits per heavy atom. The topological polar surface area (TPSA) is 82.5 Å². The van der Waals surface area contributed by atoms with E-state index in [0.29, 0.717) is 34.1 Å². The van der Waals surface area contributed by atoms with E-state index in [1.165, 1.54) is 11.8 Å². The van der Waals surface area contributed by atoms with E-state index in [1.54, 1.807) is 10.6 Å². The second-order valence-corrected chi connectivity index (χ2v) is 9.77. The maximum Gasteiger partial charge on any atom is 0.266 e. The number of ether oxygens (including phenoxy) is 2. The van der Waals surface area contributed by atoms with Gasteiger partial charge in [0.05, 0.1) is 21.8 Å². The van der Waals surface area contributed by atoms with Crippen LogP contribution in [0.25, 0.3) is 16.6 Å². The minimum absolute atomic E-state index is 0.150. The summed E-state index contributed by atoms with van der Waals surface area (Å²) in [5.74, 6) is 1.23. The monoisotopic (exact) mass is 487 g/mol. The number of carbonyl (C=O) groups is 1. The Morgan fingerprint density at radius 3 is 2.60 bits per heavy atom. The molecule has 0 bridgehead atoms. The van der Waals surface area contributed by atoms with Crippen LogP contribution >= 0.6 is 11.8 Å². The van der Waals surface area contributed by atoms with E-state index in [0.717, 1.165) is 22.4 Å². The lowest BCUT2D eigenvalue weighted by Gasteiger charge is -2.19. The zero-order valence-electron chi connectivity index (χ0n) is 19.7. The van der Waals surface area contributed by atoms with Crippen molar-refractivity contribution in [1.29, 1.82) is 0 Å². The molecule has 178 valence electrons. The van der Waals surface area contributed by atoms with Gasteiger partial charge in [-0.25, -0.2) is 4.98 Å². The Kier molecular flexibility index (Phi) is 6.21. The van der Waals surface area contributed by atoms with Crippen LogP contribution in [0.2, 0.25) is 0 Å². The Bertz CT molecular complexity index is 1480. The molecule has 1 aliphatic heterocycles. The van der Waals surface area contributed by atoms with Crippen molar-refractivity contribution in [3.05, 3.63) is 87.7 Å². The molecule has 7 nitrogen and oxygen atoms in total. The van der Waals surface area contributed by atoms with Crippen LogP contribution in [-0.4, -0.2) is 27.5 Å². The minimum Gasteiger partial charge on any atom is -0.454 e. The highest BCUT2D eigenvalue weighted by molar-refractivity contribution is 8.00. The van der Waals surface area contributed by atoms with Crippen molar-refractivity contribution in [2.75, 3.05) is 6.79 Å². The second-order valence-electron chi connectivity index (χ2n) is 8.46. The normalized spacial score (nSPS) is 13.1. The zero-order chi connectivity index (χ0) is 24.5. The number of nitrogens with one attached hydrogen (secondary N) is 1. The van der Waals surface area contributed by atoms with E-state index in [1.807, 2.05) is 75.4 Å². The summed E-state index contributed by atoms with van der Waals surface area (Å²) in [4.78, 5) is 31.4. The summed E-state index contributed by atoms with van der Waals surface area (Å²) in [5.41, 5.74) is 4.10. The lowest BCUT2D eigenvalue weighted by molar-refractivity contribution is -0.120. The molecule has 1 amide bonds. The predicted octanol–water partition coefficient (Wildman–Crippen LogP) is 4.53. The van der Waals surface area contributed by atoms with Crippen molar-refractivity contribution in [2.45, 2.75) is 37.7 Å². The van der Waals surface area contributed by atoms with Crippen molar-refractivity contribution in [2.24, 2.45) is 0 Å². The van der Waals surface area contributed by atoms with E-state index in [9.17, 15) is 9.59 Å². The predicted molar refractivity (Wildman–Crippen MR) is 137 cm³/mol. The van der Waals surface area contributed by atoms with Crippen LogP contribution in [0.1, 0.15) is 23.6 Å². The molecule has 1 unspecified atom stereocenters. The molecule has 4 aromatic rings. The molecule has 0 saturated carbocycles. The van der Waals surface area contributed by atoms with Crippen LogP contribution < -0.4 is 20.3 Å². The summed E-state index contributed by atoms with van der Waals surface area (Å²) in [6, 6.07) is 18.8. The second kappa shape index (κ2) is 9.46. The number of hydrogen-bond donors (Lipinski definition) is 1. The van der Waals surface area contributed by atoms with Crippen molar-refractivity contribution in [3.63, 3.8) is 0 Å². The first-order valence-electron chi connectivity index (χ1n) is 11.3. The number of para-hydroxylation sites is 2. The summed E-state index contributed by atoms with van der Waals surface area (Å²) in [6.45, 7) is 6.32. The van der Waals surface area contributed by atoms with Crippen molar-refractivity contribution in [3.8, 4) is 17.2 Å². The highest BCUT2D eigenvalue weighted by atomic mass is 32.2. The molecule has 0 aliphatic carbocycles. The Morgan fingerprint density at radius 1 is 1.06 bits per heavy atom. The number of carbonyl (C=O) groups excluding carboxylic acids is 1. The Labute approximate surface area is 207 Å². The largest absolute Gasteiger partial charge is 0.454 e. The lowest BCUT2D eigenvalue weighted by atomic mass is 10.1. The molecule has 1 N–H and O–H groups in total. The van der Waals surface area contributed by atoms with Gasteiger partial charge in [0.15, 0.2) is 16.7 Å². The molecule has 2 heterocycles. The fourth-order valence-corrected chi connectivity index (χ4v) is 5.08. The first kappa shape index (κ1) is 23.0. The van der Waals surface area contributed by atoms with Crippen LogP contribution in [-0.2, 0) is 11.3 Å². The van der Waals surface area contributed by atoms with Gasteiger partial charge >= 0.3 is 0 Å². The molecule has 1 aromatic heterocycles. The summed E-state index contributed by atoms with van der Waals surface area (Å²) < 4.78 is 12.4. The number of fused-ring (bicyclic) bond motifs is 2. The van der Waals surface area contributed by atoms with Gasteiger partial charge < -0.3 is 14.8 Å². The molecule has 0 spiro atoms. The van der Waals surface area contributed by atoms with Gasteiger partial charge in [0.25, 0.3) is 5.56 Å². The third kappa shape index (κ3) is 4.49. The maximum absolute atomic E-state index is 13.6. The first-order valence-corrected chi connectivity index (χ1v) is 12.2. The zero-order valence-corrected chi connectivity index (χ0v) is 20.5. The van der Waals surface area contributed by atoms with Crippen LogP contribution in [0.5, 0.6) is 11.5 Å². The summed E-state index contributed by atoms with van der Waals surface area (Å²) in [6.07, 6.45) is 0. The van der Waals surface area contributed by atoms with E-state index >= 15 is 0 Å². The molecule has 0 radical (unpaired) electrons. The summed E-state index contributed by atoms with van der Waals surface area (Å²) in [7, 11) is 0. The van der Waals surface area contributed by atoms with Crippen molar-refractivity contribution in [1.82, 2.24) is 14.9 Å². The van der Waals surface area contributed by atoms with Crippen LogP contribution in [0.4, 0.5) is 0 Å². The maximum atomic E-state index is 13.6. The molecule has 3 aromatic carbocycles. The highest BCUT2D eigenvalue weighted by Gasteiger charge is 2.22. The van der Waals surface area contributed by atoms with E-state index < -0.39 is 5.25 Å². The molecular weight excluding hydrogens is 462 g/mol. The quantitative estimate of drug-likeness (QED) is 0.318. The van der Waals surface area contributed by atoms with E-state index in [2.05, 4.69) is 5.32 Å². The lowest BCUT2D eigenvalue weighted by Crippen LogP contribution is -2.31. The Balaban J connectivity index is 1.44. The number of amides is 1. The molecular formula is C27H25N3O4S. The van der Waals surface area contributed by atoms with Gasteiger partial charge in [-0.2, -0.15) is 0 Å². The van der Waals surface area contributed by atoms with E-state index in [4.69, 9.17) is 14.5 Å². The fraction of sp³-hybridized carbons (Fsp3) is 0.222. The van der Waals surface area contributed by atoms with Crippen LogP contribution in [0, 0.1) is 13.8 Å². The molecule has 8 heteroatoms. The summed E-state index contributed by atoms with van der Waals surface area (Å²) in [5, 5.41) is 3.52. The van der Waals surface area contributed by atoms with Crippen molar-refractivity contribution < 1.29 is 14.3 Å². The van der Waals surface area contributed by atoms with Gasteiger partial charge in [0.1, 0.15) is 0 Å². The first-order chi connectivity index (χ1) is 16.9. The molecule has 5 rings (SSSR count). The van der Waals surface area contributed by atoms with Crippen LogP contribution in [0.3, 0.4) is 0 Å². The number of aromatic nitrogens is 2. The van der Waals surface area contributed by atoms with Gasteiger partial charge in [-0.05, 0) is 61.7 Å². The molecule has 1 aliphatic rings. The third-order valence-electron chi connectivity index (χ3n) is 5.96. The molecule has 1 atom stereocenters. The van der Waals surface area contributed by atoms with Crippen molar-refractivity contribution >= 4 is 28.6 Å². The van der Waals surface area contributed by atoms with E-state index in [-0.39, 0.29) is 18.3 Å². The number of aryl methyl sites for hydroxylation is 2. The smallest absolute Gasteiger partial charge is 0.266 e. The average Bonchev–Trinajstić information content (AvgIpc) is 3.32. The molecule has 35 heavy (non-hydrogen) atoms.